The van der Waals surface area contributed by atoms with Gasteiger partial charge in [0.05, 0.1) is 12.4 Å². The van der Waals surface area contributed by atoms with Crippen LogP contribution in [0.4, 0.5) is 0 Å². The fourth-order valence-electron chi connectivity index (χ4n) is 2.31. The predicted molar refractivity (Wildman–Crippen MR) is 85.6 cm³/mol. The molecule has 0 radical (unpaired) electrons. The second-order valence-electron chi connectivity index (χ2n) is 5.36. The van der Waals surface area contributed by atoms with Crippen LogP contribution < -0.4 is 4.74 Å². The van der Waals surface area contributed by atoms with E-state index in [1.54, 1.807) is 13.4 Å². The summed E-state index contributed by atoms with van der Waals surface area (Å²) in [4.78, 5) is 12.7. The van der Waals surface area contributed by atoms with Gasteiger partial charge in [0.25, 0.3) is 0 Å². The molecule has 0 bridgehead atoms. The van der Waals surface area contributed by atoms with Crippen molar-refractivity contribution in [2.45, 2.75) is 42.6 Å². The normalized spacial score (nSPS) is 15.5. The van der Waals surface area contributed by atoms with Crippen LogP contribution in [0.3, 0.4) is 0 Å². The van der Waals surface area contributed by atoms with Crippen LogP contribution in [-0.2, 0) is 0 Å². The molecule has 5 nitrogen and oxygen atoms in total. The monoisotopic (exact) mass is 317 g/mol. The molecular weight excluding hydrogens is 298 g/mol. The minimum absolute atomic E-state index is 0.125. The number of nitrogens with zero attached hydrogens (tertiary/aromatic N) is 3. The first-order valence-electron chi connectivity index (χ1n) is 7.47. The smallest absolute Gasteiger partial charge is 0.191 e. The third-order valence-electron chi connectivity index (χ3n) is 3.77. The first kappa shape index (κ1) is 15.1. The van der Waals surface area contributed by atoms with E-state index in [0.717, 1.165) is 17.3 Å². The quantitative estimate of drug-likeness (QED) is 0.579. The maximum absolute atomic E-state index is 12.7. The summed E-state index contributed by atoms with van der Waals surface area (Å²) in [6.45, 7) is 2.02. The van der Waals surface area contributed by atoms with Crippen molar-refractivity contribution >= 4 is 17.5 Å². The molecule has 2 aromatic rings. The molecule has 1 saturated carbocycles. The summed E-state index contributed by atoms with van der Waals surface area (Å²) in [7, 11) is 1.62. The molecule has 0 spiro atoms. The minimum atomic E-state index is -0.143. The summed E-state index contributed by atoms with van der Waals surface area (Å²) < 4.78 is 7.22. The van der Waals surface area contributed by atoms with Crippen molar-refractivity contribution in [3.63, 3.8) is 0 Å². The molecule has 0 aliphatic heterocycles. The zero-order valence-corrected chi connectivity index (χ0v) is 13.5. The van der Waals surface area contributed by atoms with Gasteiger partial charge in [0.1, 0.15) is 12.1 Å². The van der Waals surface area contributed by atoms with Gasteiger partial charge >= 0.3 is 0 Å². The Morgan fingerprint density at radius 3 is 2.73 bits per heavy atom. The van der Waals surface area contributed by atoms with Crippen LogP contribution in [0.15, 0.2) is 35.7 Å². The van der Waals surface area contributed by atoms with Crippen LogP contribution in [0.1, 0.15) is 42.6 Å². The number of ketones is 1. The minimum Gasteiger partial charge on any atom is -0.497 e. The topological polar surface area (TPSA) is 57.0 Å². The zero-order valence-electron chi connectivity index (χ0n) is 12.7. The summed E-state index contributed by atoms with van der Waals surface area (Å²) in [6.07, 6.45) is 4.88. The number of carbonyl (C=O) groups is 1. The molecule has 3 rings (SSSR count). The highest BCUT2D eigenvalue weighted by atomic mass is 32.2. The van der Waals surface area contributed by atoms with Crippen molar-refractivity contribution in [2.24, 2.45) is 0 Å². The number of hydrogen-bond acceptors (Lipinski definition) is 5. The van der Waals surface area contributed by atoms with Gasteiger partial charge in [-0.3, -0.25) is 4.79 Å². The van der Waals surface area contributed by atoms with Crippen molar-refractivity contribution in [2.75, 3.05) is 7.11 Å². The van der Waals surface area contributed by atoms with E-state index in [0.29, 0.717) is 11.6 Å². The van der Waals surface area contributed by atoms with Gasteiger partial charge in [-0.2, -0.15) is 0 Å². The second-order valence-corrected chi connectivity index (χ2v) is 6.53. The molecule has 0 amide bonds. The van der Waals surface area contributed by atoms with E-state index in [1.165, 1.54) is 24.6 Å². The van der Waals surface area contributed by atoms with E-state index >= 15 is 0 Å². The molecular formula is C16H19N3O2S. The third-order valence-corrected chi connectivity index (χ3v) is 5.10. The van der Waals surface area contributed by atoms with Crippen LogP contribution in [0.5, 0.6) is 5.75 Å². The second kappa shape index (κ2) is 6.52. The molecule has 1 unspecified atom stereocenters. The van der Waals surface area contributed by atoms with Gasteiger partial charge in [0, 0.05) is 11.6 Å². The van der Waals surface area contributed by atoms with Crippen molar-refractivity contribution < 1.29 is 9.53 Å². The lowest BCUT2D eigenvalue weighted by Crippen LogP contribution is -2.17. The Kier molecular flexibility index (Phi) is 4.47. The summed E-state index contributed by atoms with van der Waals surface area (Å²) in [6, 6.07) is 7.78. The Morgan fingerprint density at radius 2 is 2.14 bits per heavy atom. The van der Waals surface area contributed by atoms with Crippen LogP contribution in [0.2, 0.25) is 0 Å². The van der Waals surface area contributed by atoms with E-state index in [4.69, 9.17) is 4.74 Å². The lowest BCUT2D eigenvalue weighted by molar-refractivity contribution is 0.0988. The first-order chi connectivity index (χ1) is 10.7. The van der Waals surface area contributed by atoms with Crippen molar-refractivity contribution in [3.8, 4) is 5.75 Å². The molecule has 0 N–H and O–H groups in total. The molecule has 1 aliphatic carbocycles. The molecule has 6 heteroatoms. The molecule has 1 aliphatic rings. The molecule has 22 heavy (non-hydrogen) atoms. The number of carbonyl (C=O) groups excluding carboxylic acids is 1. The number of ether oxygens (including phenoxy) is 1. The maximum atomic E-state index is 12.7. The Balaban J connectivity index is 1.74. The Morgan fingerprint density at radius 1 is 1.41 bits per heavy atom. The molecule has 1 atom stereocenters. The van der Waals surface area contributed by atoms with E-state index in [1.807, 2.05) is 31.2 Å². The highest BCUT2D eigenvalue weighted by molar-refractivity contribution is 8.00. The van der Waals surface area contributed by atoms with Gasteiger partial charge < -0.3 is 9.30 Å². The molecule has 1 aromatic carbocycles. The summed E-state index contributed by atoms with van der Waals surface area (Å²) in [5.74, 6) is 0.881. The first-order valence-corrected chi connectivity index (χ1v) is 8.35. The van der Waals surface area contributed by atoms with Crippen molar-refractivity contribution in [3.05, 3.63) is 36.2 Å². The molecule has 1 fully saturated rings. The average molecular weight is 317 g/mol. The molecule has 1 aromatic heterocycles. The standard InChI is InChI=1S/C16H19N3O2S/c1-3-14(15(20)11-4-8-13(21-2)9-5-11)22-16-18-17-10-19(16)12-6-7-12/h4-5,8-10,12,14H,3,6-7H2,1-2H3. The van der Waals surface area contributed by atoms with Crippen molar-refractivity contribution in [1.29, 1.82) is 0 Å². The summed E-state index contributed by atoms with van der Waals surface area (Å²) >= 11 is 1.51. The summed E-state index contributed by atoms with van der Waals surface area (Å²) in [5, 5.41) is 8.86. The van der Waals surface area contributed by atoms with E-state index in [-0.39, 0.29) is 11.0 Å². The summed E-state index contributed by atoms with van der Waals surface area (Å²) in [5.41, 5.74) is 0.706. The van der Waals surface area contributed by atoms with Crippen LogP contribution in [-0.4, -0.2) is 32.9 Å². The average Bonchev–Trinajstić information content (AvgIpc) is 3.31. The van der Waals surface area contributed by atoms with Gasteiger partial charge in [-0.1, -0.05) is 18.7 Å². The largest absolute Gasteiger partial charge is 0.497 e. The lowest BCUT2D eigenvalue weighted by atomic mass is 10.1. The zero-order chi connectivity index (χ0) is 15.5. The van der Waals surface area contributed by atoms with E-state index < -0.39 is 0 Å². The van der Waals surface area contributed by atoms with Crippen LogP contribution >= 0.6 is 11.8 Å². The van der Waals surface area contributed by atoms with Gasteiger partial charge in [-0.05, 0) is 43.5 Å². The predicted octanol–water partition coefficient (Wildman–Crippen LogP) is 3.38. The number of Topliss-reactive ketones (excluding diaryl/α,β-unsaturated/α-hetero) is 1. The van der Waals surface area contributed by atoms with Gasteiger partial charge in [0.15, 0.2) is 10.9 Å². The number of rotatable bonds is 7. The van der Waals surface area contributed by atoms with E-state index in [2.05, 4.69) is 14.8 Å². The highest BCUT2D eigenvalue weighted by Gasteiger charge is 2.29. The van der Waals surface area contributed by atoms with Crippen LogP contribution in [0, 0.1) is 0 Å². The highest BCUT2D eigenvalue weighted by Crippen LogP contribution is 2.38. The fourth-order valence-corrected chi connectivity index (χ4v) is 3.39. The number of aromatic nitrogens is 3. The Hall–Kier alpha value is -1.82. The lowest BCUT2D eigenvalue weighted by Gasteiger charge is -2.13. The molecule has 116 valence electrons. The maximum Gasteiger partial charge on any atom is 0.191 e. The molecule has 0 saturated heterocycles. The number of methoxy groups -OCH3 is 1. The Bertz CT molecular complexity index is 650. The van der Waals surface area contributed by atoms with Crippen molar-refractivity contribution in [1.82, 2.24) is 14.8 Å². The van der Waals surface area contributed by atoms with Crippen LogP contribution in [0.25, 0.3) is 0 Å². The van der Waals surface area contributed by atoms with Gasteiger partial charge in [-0.25, -0.2) is 0 Å². The van der Waals surface area contributed by atoms with Gasteiger partial charge in [-0.15, -0.1) is 10.2 Å². The third kappa shape index (κ3) is 3.16. The number of benzene rings is 1. The fraction of sp³-hybridized carbons (Fsp3) is 0.438. The molecule has 1 heterocycles. The number of thioether (sulfide) groups is 1. The Labute approximate surface area is 134 Å². The van der Waals surface area contributed by atoms with Gasteiger partial charge in [0.2, 0.25) is 0 Å². The van der Waals surface area contributed by atoms with E-state index in [9.17, 15) is 4.79 Å². The SMILES string of the molecule is CCC(Sc1nncn1C1CC1)C(=O)c1ccc(OC)cc1. The number of hydrogen-bond donors (Lipinski definition) is 0.